The molecule has 1 amide bonds. The topological polar surface area (TPSA) is 64.1 Å². The second-order valence-electron chi connectivity index (χ2n) is 4.43. The molecule has 2 aromatic heterocycles. The molecule has 0 saturated carbocycles. The Morgan fingerprint density at radius 1 is 1.09 bits per heavy atom. The van der Waals surface area contributed by atoms with Crippen LogP contribution >= 0.6 is 11.3 Å². The molecule has 0 atom stereocenters. The maximum absolute atomic E-state index is 12.1. The zero-order valence-corrected chi connectivity index (χ0v) is 12.4. The second kappa shape index (κ2) is 6.82. The molecule has 1 N–H and O–H groups in total. The number of aromatic nitrogens is 2. The van der Waals surface area contributed by atoms with Crippen LogP contribution in [0.5, 0.6) is 10.9 Å². The van der Waals surface area contributed by atoms with Gasteiger partial charge in [-0.2, -0.15) is 0 Å². The van der Waals surface area contributed by atoms with Crippen molar-refractivity contribution in [2.45, 2.75) is 6.54 Å². The molecule has 0 spiro atoms. The van der Waals surface area contributed by atoms with Gasteiger partial charge in [-0.1, -0.05) is 17.4 Å². The molecule has 22 heavy (non-hydrogen) atoms. The van der Waals surface area contributed by atoms with E-state index < -0.39 is 0 Å². The molecule has 0 aliphatic carbocycles. The van der Waals surface area contributed by atoms with Crippen molar-refractivity contribution in [3.8, 4) is 10.9 Å². The predicted molar refractivity (Wildman–Crippen MR) is 84.0 cm³/mol. The Bertz CT molecular complexity index is 728. The normalized spacial score (nSPS) is 10.2. The molecule has 6 heteroatoms. The number of rotatable bonds is 5. The summed E-state index contributed by atoms with van der Waals surface area (Å²) in [5, 5.41) is 5.25. The van der Waals surface area contributed by atoms with Crippen LogP contribution in [0.1, 0.15) is 16.1 Å². The van der Waals surface area contributed by atoms with Gasteiger partial charge >= 0.3 is 0 Å². The van der Waals surface area contributed by atoms with Crippen molar-refractivity contribution in [2.24, 2.45) is 0 Å². The van der Waals surface area contributed by atoms with E-state index in [9.17, 15) is 4.79 Å². The third-order valence-corrected chi connectivity index (χ3v) is 3.54. The molecule has 0 radical (unpaired) electrons. The van der Waals surface area contributed by atoms with Gasteiger partial charge < -0.3 is 10.1 Å². The smallest absolute Gasteiger partial charge is 0.278 e. The van der Waals surface area contributed by atoms with Crippen molar-refractivity contribution in [2.75, 3.05) is 0 Å². The highest BCUT2D eigenvalue weighted by Gasteiger charge is 2.06. The van der Waals surface area contributed by atoms with E-state index in [0.717, 1.165) is 5.69 Å². The highest BCUT2D eigenvalue weighted by atomic mass is 32.1. The van der Waals surface area contributed by atoms with Crippen LogP contribution in [0.25, 0.3) is 0 Å². The van der Waals surface area contributed by atoms with E-state index in [2.05, 4.69) is 15.3 Å². The fourth-order valence-electron chi connectivity index (χ4n) is 1.81. The van der Waals surface area contributed by atoms with Gasteiger partial charge in [0.2, 0.25) is 0 Å². The molecule has 0 bridgehead atoms. The van der Waals surface area contributed by atoms with Crippen molar-refractivity contribution in [3.05, 3.63) is 71.5 Å². The number of nitrogens with zero attached hydrogens (tertiary/aromatic N) is 2. The zero-order chi connectivity index (χ0) is 15.2. The van der Waals surface area contributed by atoms with Crippen LogP contribution in [0.4, 0.5) is 0 Å². The van der Waals surface area contributed by atoms with Crippen LogP contribution in [0.15, 0.2) is 60.2 Å². The number of thiazole rings is 1. The van der Waals surface area contributed by atoms with Crippen LogP contribution in [-0.2, 0) is 6.54 Å². The lowest BCUT2D eigenvalue weighted by molar-refractivity contribution is 0.0950. The van der Waals surface area contributed by atoms with Gasteiger partial charge in [0.15, 0.2) is 0 Å². The Balaban J connectivity index is 1.59. The fourth-order valence-corrected chi connectivity index (χ4v) is 2.32. The van der Waals surface area contributed by atoms with Crippen LogP contribution in [0, 0.1) is 0 Å². The van der Waals surface area contributed by atoms with Crippen molar-refractivity contribution in [1.29, 1.82) is 0 Å². The summed E-state index contributed by atoms with van der Waals surface area (Å²) >= 11 is 1.41. The average Bonchev–Trinajstić information content (AvgIpc) is 3.07. The predicted octanol–water partition coefficient (Wildman–Crippen LogP) is 3.26. The number of carbonyl (C=O) groups is 1. The van der Waals surface area contributed by atoms with Gasteiger partial charge in [0.25, 0.3) is 11.1 Å². The van der Waals surface area contributed by atoms with Crippen LogP contribution in [0.3, 0.4) is 0 Å². The first-order chi connectivity index (χ1) is 10.8. The molecular formula is C16H13N3O2S. The number of hydrogen-bond donors (Lipinski definition) is 1. The van der Waals surface area contributed by atoms with Crippen LogP contribution < -0.4 is 10.1 Å². The molecule has 0 aliphatic heterocycles. The van der Waals surface area contributed by atoms with Gasteiger partial charge in [-0.25, -0.2) is 4.98 Å². The molecule has 3 aromatic rings. The number of hydrogen-bond acceptors (Lipinski definition) is 5. The van der Waals surface area contributed by atoms with E-state index in [-0.39, 0.29) is 5.91 Å². The summed E-state index contributed by atoms with van der Waals surface area (Å²) in [5.74, 6) is 0.502. The summed E-state index contributed by atoms with van der Waals surface area (Å²) in [6.07, 6.45) is 3.38. The first kappa shape index (κ1) is 14.2. The van der Waals surface area contributed by atoms with Crippen LogP contribution in [0.2, 0.25) is 0 Å². The van der Waals surface area contributed by atoms with Gasteiger partial charge in [0.05, 0.1) is 12.2 Å². The summed E-state index contributed by atoms with van der Waals surface area (Å²) in [5.41, 5.74) is 1.39. The molecule has 0 aliphatic rings. The number of amides is 1. The third-order valence-electron chi connectivity index (χ3n) is 2.89. The molecule has 3 rings (SSSR count). The maximum Gasteiger partial charge on any atom is 0.278 e. The minimum absolute atomic E-state index is 0.147. The lowest BCUT2D eigenvalue weighted by atomic mass is 10.2. The summed E-state index contributed by atoms with van der Waals surface area (Å²) in [7, 11) is 0. The summed E-state index contributed by atoms with van der Waals surface area (Å²) in [4.78, 5) is 20.3. The van der Waals surface area contributed by atoms with Gasteiger partial charge in [0, 0.05) is 23.3 Å². The molecule has 0 saturated heterocycles. The maximum atomic E-state index is 12.1. The Hall–Kier alpha value is -2.73. The standard InChI is InChI=1S/C16H13N3O2S/c20-15(19-11-13-3-1-2-8-17-13)12-4-6-14(7-5-12)21-16-18-9-10-22-16/h1-10H,11H2,(H,19,20). The quantitative estimate of drug-likeness (QED) is 0.785. The molecular weight excluding hydrogens is 298 g/mol. The molecule has 0 fully saturated rings. The minimum Gasteiger partial charge on any atom is -0.431 e. The molecule has 5 nitrogen and oxygen atoms in total. The Morgan fingerprint density at radius 3 is 2.64 bits per heavy atom. The lowest BCUT2D eigenvalue weighted by Gasteiger charge is -2.06. The SMILES string of the molecule is O=C(NCc1ccccn1)c1ccc(Oc2nccs2)cc1. The van der Waals surface area contributed by atoms with E-state index in [1.807, 2.05) is 23.6 Å². The van der Waals surface area contributed by atoms with Gasteiger partial charge in [-0.05, 0) is 36.4 Å². The van der Waals surface area contributed by atoms with Crippen molar-refractivity contribution >= 4 is 17.2 Å². The van der Waals surface area contributed by atoms with Gasteiger partial charge in [0.1, 0.15) is 5.75 Å². The Labute approximate surface area is 131 Å². The third kappa shape index (κ3) is 3.67. The second-order valence-corrected chi connectivity index (χ2v) is 5.29. The minimum atomic E-state index is -0.147. The summed E-state index contributed by atoms with van der Waals surface area (Å²) in [6.45, 7) is 0.400. The highest BCUT2D eigenvalue weighted by Crippen LogP contribution is 2.23. The summed E-state index contributed by atoms with van der Waals surface area (Å²) < 4.78 is 5.55. The van der Waals surface area contributed by atoms with E-state index in [0.29, 0.717) is 23.1 Å². The highest BCUT2D eigenvalue weighted by molar-refractivity contribution is 7.11. The zero-order valence-electron chi connectivity index (χ0n) is 11.6. The number of benzene rings is 1. The van der Waals surface area contributed by atoms with Crippen molar-refractivity contribution in [3.63, 3.8) is 0 Å². The van der Waals surface area contributed by atoms with Gasteiger partial charge in [-0.15, -0.1) is 0 Å². The molecule has 2 heterocycles. The van der Waals surface area contributed by atoms with E-state index in [1.165, 1.54) is 11.3 Å². The van der Waals surface area contributed by atoms with Crippen molar-refractivity contribution < 1.29 is 9.53 Å². The van der Waals surface area contributed by atoms with Crippen LogP contribution in [-0.4, -0.2) is 15.9 Å². The number of ether oxygens (including phenoxy) is 1. The molecule has 1 aromatic carbocycles. The lowest BCUT2D eigenvalue weighted by Crippen LogP contribution is -2.23. The van der Waals surface area contributed by atoms with E-state index in [1.54, 1.807) is 36.7 Å². The monoisotopic (exact) mass is 311 g/mol. The summed E-state index contributed by atoms with van der Waals surface area (Å²) in [6, 6.07) is 12.5. The Morgan fingerprint density at radius 2 is 1.95 bits per heavy atom. The number of carbonyl (C=O) groups excluding carboxylic acids is 1. The van der Waals surface area contributed by atoms with Crippen molar-refractivity contribution in [1.82, 2.24) is 15.3 Å². The number of nitrogens with one attached hydrogen (secondary N) is 1. The van der Waals surface area contributed by atoms with E-state index in [4.69, 9.17) is 4.74 Å². The van der Waals surface area contributed by atoms with E-state index >= 15 is 0 Å². The molecule has 110 valence electrons. The average molecular weight is 311 g/mol. The first-order valence-corrected chi connectivity index (χ1v) is 7.55. The van der Waals surface area contributed by atoms with Gasteiger partial charge in [-0.3, -0.25) is 9.78 Å². The largest absolute Gasteiger partial charge is 0.431 e. The first-order valence-electron chi connectivity index (χ1n) is 6.67. The number of pyridine rings is 1. The fraction of sp³-hybridized carbons (Fsp3) is 0.0625. The Kier molecular flexibility index (Phi) is 4.41. The molecule has 0 unspecified atom stereocenters.